The number of ether oxygens (including phenoxy) is 1. The standard InChI is InChI=1S/C17H17F2N3O2/c18-11-3-4-14(13(19)7-11)20-17(23)16-12-9-24-6-5-15(12)22(21-16)8-10-1-2-10/h3-4,7,10H,1-2,5-6,8-9H2,(H,20,23). The minimum atomic E-state index is -0.814. The van der Waals surface area contributed by atoms with Gasteiger partial charge in [0.2, 0.25) is 0 Å². The Hall–Kier alpha value is -2.28. The molecule has 1 aromatic carbocycles. The summed E-state index contributed by atoms with van der Waals surface area (Å²) in [6, 6.07) is 3.04. The molecule has 126 valence electrons. The van der Waals surface area contributed by atoms with E-state index >= 15 is 0 Å². The highest BCUT2D eigenvalue weighted by molar-refractivity contribution is 6.04. The Morgan fingerprint density at radius 3 is 2.96 bits per heavy atom. The number of carbonyl (C=O) groups excluding carboxylic acids is 1. The minimum Gasteiger partial charge on any atom is -0.376 e. The third-order valence-electron chi connectivity index (χ3n) is 4.42. The molecule has 1 saturated carbocycles. The van der Waals surface area contributed by atoms with Crippen molar-refractivity contribution in [2.24, 2.45) is 5.92 Å². The number of fused-ring (bicyclic) bond motifs is 1. The summed E-state index contributed by atoms with van der Waals surface area (Å²) in [7, 11) is 0. The van der Waals surface area contributed by atoms with Crippen LogP contribution in [0.3, 0.4) is 0 Å². The summed E-state index contributed by atoms with van der Waals surface area (Å²) in [5.41, 5.74) is 1.98. The van der Waals surface area contributed by atoms with Gasteiger partial charge < -0.3 is 10.1 Å². The van der Waals surface area contributed by atoms with Crippen LogP contribution in [0.4, 0.5) is 14.5 Å². The number of nitrogens with zero attached hydrogens (tertiary/aromatic N) is 2. The largest absolute Gasteiger partial charge is 0.376 e. The van der Waals surface area contributed by atoms with Crippen molar-refractivity contribution in [3.05, 3.63) is 46.8 Å². The predicted octanol–water partition coefficient (Wildman–Crippen LogP) is 2.90. The summed E-state index contributed by atoms with van der Waals surface area (Å²) >= 11 is 0. The number of rotatable bonds is 4. The van der Waals surface area contributed by atoms with Crippen LogP contribution in [-0.4, -0.2) is 22.3 Å². The summed E-state index contributed by atoms with van der Waals surface area (Å²) < 4.78 is 34.1. The zero-order valence-electron chi connectivity index (χ0n) is 13.0. The van der Waals surface area contributed by atoms with Crippen LogP contribution in [0.5, 0.6) is 0 Å². The Morgan fingerprint density at radius 1 is 1.38 bits per heavy atom. The number of benzene rings is 1. The van der Waals surface area contributed by atoms with E-state index in [0.717, 1.165) is 29.9 Å². The molecule has 0 spiro atoms. The lowest BCUT2D eigenvalue weighted by Crippen LogP contribution is -2.17. The second-order valence-electron chi connectivity index (χ2n) is 6.28. The second-order valence-corrected chi connectivity index (χ2v) is 6.28. The van der Waals surface area contributed by atoms with Crippen LogP contribution < -0.4 is 5.32 Å². The van der Waals surface area contributed by atoms with Gasteiger partial charge in [-0.25, -0.2) is 8.78 Å². The van der Waals surface area contributed by atoms with E-state index in [4.69, 9.17) is 4.74 Å². The van der Waals surface area contributed by atoms with Crippen molar-refractivity contribution in [2.45, 2.75) is 32.4 Å². The number of anilines is 1. The number of nitrogens with one attached hydrogen (secondary N) is 1. The minimum absolute atomic E-state index is 0.0661. The molecule has 1 fully saturated rings. The quantitative estimate of drug-likeness (QED) is 0.936. The van der Waals surface area contributed by atoms with Gasteiger partial charge in [0, 0.05) is 30.3 Å². The maximum atomic E-state index is 13.7. The van der Waals surface area contributed by atoms with Crippen molar-refractivity contribution >= 4 is 11.6 Å². The van der Waals surface area contributed by atoms with Crippen LogP contribution in [0.2, 0.25) is 0 Å². The van der Waals surface area contributed by atoms with E-state index in [2.05, 4.69) is 10.4 Å². The van der Waals surface area contributed by atoms with Gasteiger partial charge in [-0.3, -0.25) is 9.48 Å². The number of hydrogen-bond donors (Lipinski definition) is 1. The smallest absolute Gasteiger partial charge is 0.276 e. The summed E-state index contributed by atoms with van der Waals surface area (Å²) in [5.74, 6) is -1.38. The van der Waals surface area contributed by atoms with E-state index in [-0.39, 0.29) is 11.4 Å². The van der Waals surface area contributed by atoms with Gasteiger partial charge in [0.25, 0.3) is 5.91 Å². The van der Waals surface area contributed by atoms with Crippen molar-refractivity contribution in [2.75, 3.05) is 11.9 Å². The normalized spacial score (nSPS) is 16.8. The third-order valence-corrected chi connectivity index (χ3v) is 4.42. The number of halogens is 2. The number of amides is 1. The van der Waals surface area contributed by atoms with Gasteiger partial charge in [-0.1, -0.05) is 0 Å². The van der Waals surface area contributed by atoms with Gasteiger partial charge in [-0.05, 0) is 30.9 Å². The zero-order valence-corrected chi connectivity index (χ0v) is 13.0. The molecule has 5 nitrogen and oxygen atoms in total. The summed E-state index contributed by atoms with van der Waals surface area (Å²) in [5, 5.41) is 6.92. The second kappa shape index (κ2) is 5.98. The lowest BCUT2D eigenvalue weighted by atomic mass is 10.1. The Balaban J connectivity index is 1.62. The maximum absolute atomic E-state index is 13.7. The van der Waals surface area contributed by atoms with Crippen LogP contribution in [0.25, 0.3) is 0 Å². The van der Waals surface area contributed by atoms with Crippen LogP contribution >= 0.6 is 0 Å². The molecule has 2 heterocycles. The number of aromatic nitrogens is 2. The topological polar surface area (TPSA) is 56.2 Å². The fourth-order valence-corrected chi connectivity index (χ4v) is 2.96. The van der Waals surface area contributed by atoms with E-state index < -0.39 is 17.5 Å². The molecule has 2 aliphatic rings. The molecule has 2 aromatic rings. The molecule has 4 rings (SSSR count). The van der Waals surface area contributed by atoms with Crippen molar-refractivity contribution in [1.82, 2.24) is 9.78 Å². The van der Waals surface area contributed by atoms with Crippen molar-refractivity contribution in [3.8, 4) is 0 Å². The van der Waals surface area contributed by atoms with Gasteiger partial charge in [0.05, 0.1) is 18.9 Å². The van der Waals surface area contributed by atoms with Gasteiger partial charge in [0.1, 0.15) is 11.6 Å². The van der Waals surface area contributed by atoms with E-state index in [1.165, 1.54) is 18.9 Å². The van der Waals surface area contributed by atoms with E-state index in [0.29, 0.717) is 25.6 Å². The van der Waals surface area contributed by atoms with Crippen molar-refractivity contribution in [3.63, 3.8) is 0 Å². The molecule has 1 aromatic heterocycles. The zero-order chi connectivity index (χ0) is 16.7. The van der Waals surface area contributed by atoms with E-state index in [1.807, 2.05) is 4.68 Å². The summed E-state index contributed by atoms with van der Waals surface area (Å²) in [6.07, 6.45) is 3.09. The lowest BCUT2D eigenvalue weighted by molar-refractivity contribution is 0.0983. The Bertz CT molecular complexity index is 799. The van der Waals surface area contributed by atoms with E-state index in [1.54, 1.807) is 0 Å². The number of hydrogen-bond acceptors (Lipinski definition) is 3. The first-order valence-corrected chi connectivity index (χ1v) is 8.04. The van der Waals surface area contributed by atoms with Crippen LogP contribution in [0.1, 0.15) is 34.6 Å². The molecule has 0 atom stereocenters. The number of carbonyl (C=O) groups is 1. The maximum Gasteiger partial charge on any atom is 0.276 e. The van der Waals surface area contributed by atoms with Gasteiger partial charge in [0.15, 0.2) is 5.69 Å². The first-order valence-electron chi connectivity index (χ1n) is 8.04. The highest BCUT2D eigenvalue weighted by Crippen LogP contribution is 2.32. The first-order chi connectivity index (χ1) is 11.6. The Morgan fingerprint density at radius 2 is 2.21 bits per heavy atom. The molecular weight excluding hydrogens is 316 g/mol. The molecule has 1 N–H and O–H groups in total. The predicted molar refractivity (Wildman–Crippen MR) is 82.6 cm³/mol. The molecule has 0 unspecified atom stereocenters. The molecular formula is C17H17F2N3O2. The fraction of sp³-hybridized carbons (Fsp3) is 0.412. The van der Waals surface area contributed by atoms with Gasteiger partial charge in [-0.2, -0.15) is 5.10 Å². The Labute approximate surface area is 137 Å². The molecule has 7 heteroatoms. The lowest BCUT2D eigenvalue weighted by Gasteiger charge is -2.15. The summed E-state index contributed by atoms with van der Waals surface area (Å²) in [6.45, 7) is 1.74. The molecule has 1 amide bonds. The third kappa shape index (κ3) is 2.91. The molecule has 1 aliphatic carbocycles. The molecule has 0 saturated heterocycles. The van der Waals surface area contributed by atoms with Crippen LogP contribution in [0, 0.1) is 17.6 Å². The molecule has 0 bridgehead atoms. The highest BCUT2D eigenvalue weighted by atomic mass is 19.1. The average Bonchev–Trinajstić information content (AvgIpc) is 3.30. The highest BCUT2D eigenvalue weighted by Gasteiger charge is 2.29. The molecule has 0 radical (unpaired) electrons. The molecule has 1 aliphatic heterocycles. The monoisotopic (exact) mass is 333 g/mol. The van der Waals surface area contributed by atoms with Crippen molar-refractivity contribution in [1.29, 1.82) is 0 Å². The van der Waals surface area contributed by atoms with E-state index in [9.17, 15) is 13.6 Å². The summed E-state index contributed by atoms with van der Waals surface area (Å²) in [4.78, 5) is 12.5. The Kier molecular flexibility index (Phi) is 3.80. The fourth-order valence-electron chi connectivity index (χ4n) is 2.96. The SMILES string of the molecule is O=C(Nc1ccc(F)cc1F)c1nn(CC2CC2)c2c1COCC2. The van der Waals surface area contributed by atoms with Gasteiger partial charge >= 0.3 is 0 Å². The van der Waals surface area contributed by atoms with Crippen molar-refractivity contribution < 1.29 is 18.3 Å². The van der Waals surface area contributed by atoms with Crippen LogP contribution in [-0.2, 0) is 24.3 Å². The average molecular weight is 333 g/mol. The molecule has 24 heavy (non-hydrogen) atoms. The first kappa shape index (κ1) is 15.3. The van der Waals surface area contributed by atoms with Crippen LogP contribution in [0.15, 0.2) is 18.2 Å². The van der Waals surface area contributed by atoms with Gasteiger partial charge in [-0.15, -0.1) is 0 Å².